The number of rotatable bonds is 5. The van der Waals surface area contributed by atoms with Crippen LogP contribution >= 0.6 is 11.6 Å². The van der Waals surface area contributed by atoms with E-state index in [9.17, 15) is 23.6 Å². The van der Waals surface area contributed by atoms with Gasteiger partial charge in [-0.25, -0.2) is 9.18 Å². The zero-order chi connectivity index (χ0) is 26.3. The van der Waals surface area contributed by atoms with Crippen molar-refractivity contribution in [2.45, 2.75) is 6.92 Å². The van der Waals surface area contributed by atoms with Gasteiger partial charge < -0.3 is 14.6 Å². The van der Waals surface area contributed by atoms with E-state index in [1.54, 1.807) is 24.3 Å². The molecule has 184 valence electrons. The minimum atomic E-state index is -0.967. The third kappa shape index (κ3) is 4.30. The Morgan fingerprint density at radius 2 is 1.65 bits per heavy atom. The maximum atomic E-state index is 14.4. The van der Waals surface area contributed by atoms with E-state index >= 15 is 0 Å². The van der Waals surface area contributed by atoms with Crippen LogP contribution in [0.25, 0.3) is 11.3 Å². The lowest BCUT2D eigenvalue weighted by molar-refractivity contribution is -0.119. The third-order valence-electron chi connectivity index (χ3n) is 5.81. The molecule has 1 amide bonds. The number of anilines is 1. The normalized spacial score (nSPS) is 12.1. The molecule has 0 aliphatic heterocycles. The number of carbonyl (C=O) groups is 4. The Morgan fingerprint density at radius 3 is 2.35 bits per heavy atom. The maximum Gasteiger partial charge on any atom is 0.344 e. The fraction of sp³-hybridized carbons (Fsp3) is 0.0741. The molecule has 1 aromatic heterocycles. The zero-order valence-corrected chi connectivity index (χ0v) is 19.9. The predicted octanol–water partition coefficient (Wildman–Crippen LogP) is 5.01. The summed E-state index contributed by atoms with van der Waals surface area (Å²) in [4.78, 5) is 50.8. The number of aromatic nitrogens is 1. The molecule has 10 heteroatoms. The monoisotopic (exact) mass is 518 g/mol. The van der Waals surface area contributed by atoms with Crippen molar-refractivity contribution >= 4 is 40.7 Å². The fourth-order valence-electron chi connectivity index (χ4n) is 4.08. The highest BCUT2D eigenvalue weighted by Gasteiger charge is 2.30. The largest absolute Gasteiger partial charge is 0.452 e. The molecule has 1 N–H and O–H groups in total. The Balaban J connectivity index is 1.30. The lowest BCUT2D eigenvalue weighted by Crippen LogP contribution is -2.23. The van der Waals surface area contributed by atoms with Crippen molar-refractivity contribution in [3.63, 3.8) is 0 Å². The standard InChI is InChI=1S/C27H16ClFN2O6/c1-13-22(24(31-37-13)23-19(28)7-4-8-20(23)29)27(35)36-12-21(32)30-14-9-10-17-18(11-14)26(34)16-6-3-2-5-15(16)25(17)33/h2-11H,12H2,1H3,(H,30,32). The predicted molar refractivity (Wildman–Crippen MR) is 130 cm³/mol. The molecular weight excluding hydrogens is 503 g/mol. The van der Waals surface area contributed by atoms with Crippen molar-refractivity contribution in [1.29, 1.82) is 0 Å². The molecule has 0 saturated carbocycles. The molecule has 3 aromatic carbocycles. The van der Waals surface area contributed by atoms with Crippen LogP contribution in [0.2, 0.25) is 5.02 Å². The summed E-state index contributed by atoms with van der Waals surface area (Å²) in [6.45, 7) is 0.742. The quantitative estimate of drug-likeness (QED) is 0.325. The first-order chi connectivity index (χ1) is 17.8. The Bertz CT molecular complexity index is 1610. The van der Waals surface area contributed by atoms with Crippen molar-refractivity contribution in [3.8, 4) is 11.3 Å². The van der Waals surface area contributed by atoms with Gasteiger partial charge in [0.25, 0.3) is 5.91 Å². The van der Waals surface area contributed by atoms with Crippen molar-refractivity contribution in [2.24, 2.45) is 0 Å². The van der Waals surface area contributed by atoms with Crippen LogP contribution in [0.3, 0.4) is 0 Å². The van der Waals surface area contributed by atoms with E-state index in [4.69, 9.17) is 20.9 Å². The second kappa shape index (κ2) is 9.44. The number of ether oxygens (including phenoxy) is 1. The van der Waals surface area contributed by atoms with Crippen molar-refractivity contribution in [2.75, 3.05) is 11.9 Å². The lowest BCUT2D eigenvalue weighted by atomic mass is 9.84. The van der Waals surface area contributed by atoms with Gasteiger partial charge in [-0.2, -0.15) is 0 Å². The van der Waals surface area contributed by atoms with Crippen LogP contribution in [-0.2, 0) is 9.53 Å². The average Bonchev–Trinajstić information content (AvgIpc) is 3.26. The van der Waals surface area contributed by atoms with E-state index in [-0.39, 0.29) is 61.5 Å². The van der Waals surface area contributed by atoms with Crippen molar-refractivity contribution in [1.82, 2.24) is 5.16 Å². The van der Waals surface area contributed by atoms with Crippen LogP contribution in [0.4, 0.5) is 10.1 Å². The van der Waals surface area contributed by atoms with Crippen LogP contribution in [0.5, 0.6) is 0 Å². The number of hydrogen-bond acceptors (Lipinski definition) is 7. The molecule has 0 atom stereocenters. The SMILES string of the molecule is Cc1onc(-c2c(F)cccc2Cl)c1C(=O)OCC(=O)Nc1ccc2c(c1)C(=O)c1ccccc1C2=O. The number of benzene rings is 3. The highest BCUT2D eigenvalue weighted by atomic mass is 35.5. The number of amides is 1. The zero-order valence-electron chi connectivity index (χ0n) is 19.1. The second-order valence-corrected chi connectivity index (χ2v) is 8.55. The molecule has 1 aliphatic rings. The number of halogens is 2. The summed E-state index contributed by atoms with van der Waals surface area (Å²) < 4.78 is 24.5. The molecular formula is C27H16ClFN2O6. The van der Waals surface area contributed by atoms with Crippen molar-refractivity contribution < 1.29 is 32.8 Å². The molecule has 0 unspecified atom stereocenters. The molecule has 1 heterocycles. The third-order valence-corrected chi connectivity index (χ3v) is 6.12. The van der Waals surface area contributed by atoms with Gasteiger partial charge in [0.2, 0.25) is 0 Å². The number of aryl methyl sites for hydroxylation is 1. The number of nitrogens with zero attached hydrogens (tertiary/aromatic N) is 1. The van der Waals surface area contributed by atoms with Gasteiger partial charge in [0, 0.05) is 27.9 Å². The number of carbonyl (C=O) groups excluding carboxylic acids is 4. The first kappa shape index (κ1) is 24.1. The van der Waals surface area contributed by atoms with Crippen LogP contribution in [0.1, 0.15) is 48.0 Å². The summed E-state index contributed by atoms with van der Waals surface area (Å²) in [5, 5.41) is 6.28. The Hall–Kier alpha value is -4.63. The summed E-state index contributed by atoms with van der Waals surface area (Å²) in [5.41, 5.74) is 0.782. The average molecular weight is 519 g/mol. The van der Waals surface area contributed by atoms with Gasteiger partial charge in [0.15, 0.2) is 18.2 Å². The summed E-state index contributed by atoms with van der Waals surface area (Å²) >= 11 is 6.08. The summed E-state index contributed by atoms with van der Waals surface area (Å²) in [5.74, 6) is -2.95. The van der Waals surface area contributed by atoms with Crippen LogP contribution in [0.15, 0.2) is 65.2 Å². The maximum absolute atomic E-state index is 14.4. The molecule has 8 nitrogen and oxygen atoms in total. The van der Waals surface area contributed by atoms with Gasteiger partial charge in [-0.05, 0) is 37.3 Å². The van der Waals surface area contributed by atoms with Gasteiger partial charge in [0.05, 0.1) is 10.6 Å². The van der Waals surface area contributed by atoms with Crippen LogP contribution in [-0.4, -0.2) is 35.2 Å². The molecule has 37 heavy (non-hydrogen) atoms. The molecule has 0 spiro atoms. The second-order valence-electron chi connectivity index (χ2n) is 8.15. The minimum absolute atomic E-state index is 0.0168. The molecule has 1 aliphatic carbocycles. The van der Waals surface area contributed by atoms with E-state index in [0.29, 0.717) is 5.56 Å². The summed E-state index contributed by atoms with van der Waals surface area (Å²) in [6, 6.07) is 14.8. The first-order valence-corrected chi connectivity index (χ1v) is 11.3. The Kier molecular flexibility index (Phi) is 6.14. The molecule has 0 saturated heterocycles. The van der Waals surface area contributed by atoms with Gasteiger partial charge in [-0.3, -0.25) is 14.4 Å². The molecule has 4 aromatic rings. The molecule has 0 fully saturated rings. The van der Waals surface area contributed by atoms with E-state index < -0.39 is 24.3 Å². The highest BCUT2D eigenvalue weighted by molar-refractivity contribution is 6.33. The number of fused-ring (bicyclic) bond motifs is 2. The van der Waals surface area contributed by atoms with Crippen LogP contribution in [0, 0.1) is 12.7 Å². The van der Waals surface area contributed by atoms with E-state index in [1.165, 1.54) is 37.3 Å². The van der Waals surface area contributed by atoms with E-state index in [0.717, 1.165) is 6.07 Å². The van der Waals surface area contributed by atoms with Gasteiger partial charge in [0.1, 0.15) is 22.8 Å². The van der Waals surface area contributed by atoms with Crippen molar-refractivity contribution in [3.05, 3.63) is 105 Å². The highest BCUT2D eigenvalue weighted by Crippen LogP contribution is 2.34. The number of ketones is 2. The number of nitrogens with one attached hydrogen (secondary N) is 1. The first-order valence-electron chi connectivity index (χ1n) is 11.0. The van der Waals surface area contributed by atoms with Gasteiger partial charge >= 0.3 is 5.97 Å². The molecule has 0 bridgehead atoms. The Labute approximate surface area is 214 Å². The lowest BCUT2D eigenvalue weighted by Gasteiger charge is -2.18. The molecule has 0 radical (unpaired) electrons. The Morgan fingerprint density at radius 1 is 0.973 bits per heavy atom. The summed E-state index contributed by atoms with van der Waals surface area (Å²) in [6.07, 6.45) is 0. The molecule has 5 rings (SSSR count). The van der Waals surface area contributed by atoms with Crippen LogP contribution < -0.4 is 5.32 Å². The number of esters is 1. The van der Waals surface area contributed by atoms with Gasteiger partial charge in [-0.15, -0.1) is 0 Å². The van der Waals surface area contributed by atoms with E-state index in [2.05, 4.69) is 10.5 Å². The fourth-order valence-corrected chi connectivity index (χ4v) is 4.34. The topological polar surface area (TPSA) is 116 Å². The smallest absolute Gasteiger partial charge is 0.344 e. The summed E-state index contributed by atoms with van der Waals surface area (Å²) in [7, 11) is 0. The van der Waals surface area contributed by atoms with E-state index in [1.807, 2.05) is 0 Å². The van der Waals surface area contributed by atoms with Gasteiger partial charge in [-0.1, -0.05) is 47.1 Å². The number of hydrogen-bond donors (Lipinski definition) is 1. The minimum Gasteiger partial charge on any atom is -0.452 e.